The van der Waals surface area contributed by atoms with Gasteiger partial charge >= 0.3 is 0 Å². The third-order valence-corrected chi connectivity index (χ3v) is 2.49. The number of rotatable bonds is 1. The van der Waals surface area contributed by atoms with E-state index in [0.717, 1.165) is 25.1 Å². The van der Waals surface area contributed by atoms with E-state index >= 15 is 0 Å². The molecule has 1 aliphatic rings. The number of nitriles is 1. The molecular formula is C10H11N3O. The van der Waals surface area contributed by atoms with Crippen molar-refractivity contribution in [1.82, 2.24) is 10.3 Å². The fourth-order valence-electron chi connectivity index (χ4n) is 1.73. The van der Waals surface area contributed by atoms with Crippen LogP contribution in [0.3, 0.4) is 0 Å². The Bertz CT molecular complexity index is 424. The molecule has 0 aromatic carbocycles. The maximum absolute atomic E-state index is 11.3. The minimum absolute atomic E-state index is 0.173. The van der Waals surface area contributed by atoms with Gasteiger partial charge in [0.15, 0.2) is 0 Å². The Morgan fingerprint density at radius 1 is 1.50 bits per heavy atom. The summed E-state index contributed by atoms with van der Waals surface area (Å²) in [6, 6.07) is 5.48. The summed E-state index contributed by atoms with van der Waals surface area (Å²) in [5.41, 5.74) is 0.761. The van der Waals surface area contributed by atoms with Crippen molar-refractivity contribution in [3.63, 3.8) is 0 Å². The normalized spacial score (nSPS) is 20.6. The van der Waals surface area contributed by atoms with Crippen molar-refractivity contribution in [3.05, 3.63) is 33.7 Å². The summed E-state index contributed by atoms with van der Waals surface area (Å²) in [7, 11) is 0. The van der Waals surface area contributed by atoms with Gasteiger partial charge in [0.05, 0.1) is 0 Å². The molecular weight excluding hydrogens is 178 g/mol. The molecule has 1 aliphatic heterocycles. The predicted octanol–water partition coefficient (Wildman–Crippen LogP) is 0.671. The third kappa shape index (κ3) is 1.54. The summed E-state index contributed by atoms with van der Waals surface area (Å²) in [6.45, 7) is 0.993. The minimum Gasteiger partial charge on any atom is -0.323 e. The van der Waals surface area contributed by atoms with Crippen LogP contribution in [0.15, 0.2) is 16.9 Å². The molecule has 0 radical (unpaired) electrons. The molecule has 0 spiro atoms. The number of pyridine rings is 1. The average Bonchev–Trinajstić information content (AvgIpc) is 2.70. The molecule has 0 aliphatic carbocycles. The lowest BCUT2D eigenvalue weighted by Gasteiger charge is -2.09. The second kappa shape index (κ2) is 3.64. The average molecular weight is 189 g/mol. The van der Waals surface area contributed by atoms with E-state index < -0.39 is 0 Å². The van der Waals surface area contributed by atoms with Crippen molar-refractivity contribution in [2.45, 2.75) is 18.9 Å². The number of hydrogen-bond acceptors (Lipinski definition) is 3. The SMILES string of the molecule is N#Cc1ccc(C2CCCN2)[nH]c1=O. The molecule has 0 amide bonds. The van der Waals surface area contributed by atoms with Gasteiger partial charge in [-0.15, -0.1) is 0 Å². The number of aromatic nitrogens is 1. The second-order valence-electron chi connectivity index (χ2n) is 3.42. The summed E-state index contributed by atoms with van der Waals surface area (Å²) < 4.78 is 0. The van der Waals surface area contributed by atoms with Crippen LogP contribution in [0.25, 0.3) is 0 Å². The van der Waals surface area contributed by atoms with Crippen LogP contribution >= 0.6 is 0 Å². The quantitative estimate of drug-likeness (QED) is 0.682. The number of nitrogens with one attached hydrogen (secondary N) is 2. The Hall–Kier alpha value is -1.60. The lowest BCUT2D eigenvalue weighted by Crippen LogP contribution is -2.19. The molecule has 1 fully saturated rings. The van der Waals surface area contributed by atoms with Crippen LogP contribution in [0.2, 0.25) is 0 Å². The van der Waals surface area contributed by atoms with Crippen LogP contribution in [0.5, 0.6) is 0 Å². The summed E-state index contributed by atoms with van der Waals surface area (Å²) in [5.74, 6) is 0. The van der Waals surface area contributed by atoms with Crippen molar-refractivity contribution in [1.29, 1.82) is 5.26 Å². The molecule has 2 rings (SSSR count). The molecule has 1 saturated heterocycles. The van der Waals surface area contributed by atoms with Gasteiger partial charge in [0, 0.05) is 11.7 Å². The zero-order valence-corrected chi connectivity index (χ0v) is 7.71. The third-order valence-electron chi connectivity index (χ3n) is 2.49. The highest BCUT2D eigenvalue weighted by molar-refractivity contribution is 5.27. The van der Waals surface area contributed by atoms with Crippen LogP contribution in [0.1, 0.15) is 30.1 Å². The maximum Gasteiger partial charge on any atom is 0.266 e. The van der Waals surface area contributed by atoms with Crippen LogP contribution in [-0.4, -0.2) is 11.5 Å². The Labute approximate surface area is 81.6 Å². The molecule has 1 atom stereocenters. The molecule has 1 unspecified atom stereocenters. The first kappa shape index (κ1) is 8.97. The van der Waals surface area contributed by atoms with Crippen LogP contribution in [0.4, 0.5) is 0 Å². The van der Waals surface area contributed by atoms with E-state index in [4.69, 9.17) is 5.26 Å². The molecule has 0 saturated carbocycles. The monoisotopic (exact) mass is 189 g/mol. The summed E-state index contributed by atoms with van der Waals surface area (Å²) in [4.78, 5) is 14.1. The highest BCUT2D eigenvalue weighted by atomic mass is 16.1. The fraction of sp³-hybridized carbons (Fsp3) is 0.400. The minimum atomic E-state index is -0.293. The molecule has 0 bridgehead atoms. The molecule has 4 heteroatoms. The van der Waals surface area contributed by atoms with E-state index in [9.17, 15) is 4.79 Å². The Kier molecular flexibility index (Phi) is 2.33. The van der Waals surface area contributed by atoms with Crippen molar-refractivity contribution < 1.29 is 0 Å². The van der Waals surface area contributed by atoms with E-state index in [1.54, 1.807) is 6.07 Å². The van der Waals surface area contributed by atoms with Gasteiger partial charge in [-0.3, -0.25) is 4.79 Å². The molecule has 72 valence electrons. The lowest BCUT2D eigenvalue weighted by molar-refractivity contribution is 0.625. The number of H-pyrrole nitrogens is 1. The first-order chi connectivity index (χ1) is 6.81. The fourth-order valence-corrected chi connectivity index (χ4v) is 1.73. The smallest absolute Gasteiger partial charge is 0.266 e. The largest absolute Gasteiger partial charge is 0.323 e. The first-order valence-corrected chi connectivity index (χ1v) is 4.68. The van der Waals surface area contributed by atoms with E-state index in [1.165, 1.54) is 0 Å². The Morgan fingerprint density at radius 2 is 2.36 bits per heavy atom. The van der Waals surface area contributed by atoms with Crippen molar-refractivity contribution in [3.8, 4) is 6.07 Å². The zero-order valence-electron chi connectivity index (χ0n) is 7.71. The molecule has 2 heterocycles. The maximum atomic E-state index is 11.3. The highest BCUT2D eigenvalue weighted by Gasteiger charge is 2.16. The van der Waals surface area contributed by atoms with Crippen molar-refractivity contribution in [2.75, 3.05) is 6.54 Å². The Morgan fingerprint density at radius 3 is 2.93 bits per heavy atom. The predicted molar refractivity (Wildman–Crippen MR) is 51.8 cm³/mol. The molecule has 2 N–H and O–H groups in total. The van der Waals surface area contributed by atoms with Gasteiger partial charge < -0.3 is 10.3 Å². The van der Waals surface area contributed by atoms with Crippen LogP contribution < -0.4 is 10.9 Å². The van der Waals surface area contributed by atoms with Crippen LogP contribution in [0, 0.1) is 11.3 Å². The molecule has 1 aromatic heterocycles. The lowest BCUT2D eigenvalue weighted by atomic mass is 10.1. The van der Waals surface area contributed by atoms with Gasteiger partial charge in [-0.05, 0) is 31.5 Å². The summed E-state index contributed by atoms with van der Waals surface area (Å²) in [6.07, 6.45) is 2.18. The van der Waals surface area contributed by atoms with Gasteiger partial charge in [-0.25, -0.2) is 0 Å². The van der Waals surface area contributed by atoms with Gasteiger partial charge in [0.25, 0.3) is 5.56 Å². The Balaban J connectivity index is 2.33. The van der Waals surface area contributed by atoms with Gasteiger partial charge in [-0.1, -0.05) is 0 Å². The first-order valence-electron chi connectivity index (χ1n) is 4.68. The van der Waals surface area contributed by atoms with Crippen molar-refractivity contribution in [2.24, 2.45) is 0 Å². The topological polar surface area (TPSA) is 68.7 Å². The standard InChI is InChI=1S/C10H11N3O/c11-6-7-3-4-9(13-10(7)14)8-2-1-5-12-8/h3-4,8,12H,1-2,5H2,(H,13,14). The van der Waals surface area contributed by atoms with E-state index in [0.29, 0.717) is 0 Å². The number of nitrogens with zero attached hydrogens (tertiary/aromatic N) is 1. The molecule has 4 nitrogen and oxygen atoms in total. The van der Waals surface area contributed by atoms with Crippen molar-refractivity contribution >= 4 is 0 Å². The summed E-state index contributed by atoms with van der Waals surface area (Å²) >= 11 is 0. The van der Waals surface area contributed by atoms with E-state index in [-0.39, 0.29) is 17.2 Å². The second-order valence-corrected chi connectivity index (χ2v) is 3.42. The number of aromatic amines is 1. The molecule has 1 aromatic rings. The summed E-state index contributed by atoms with van der Waals surface area (Å²) in [5, 5.41) is 11.9. The van der Waals surface area contributed by atoms with Gasteiger partial charge in [0.1, 0.15) is 11.6 Å². The van der Waals surface area contributed by atoms with Crippen LogP contribution in [-0.2, 0) is 0 Å². The highest BCUT2D eigenvalue weighted by Crippen LogP contribution is 2.19. The van der Waals surface area contributed by atoms with E-state index in [2.05, 4.69) is 10.3 Å². The zero-order chi connectivity index (χ0) is 9.97. The molecule has 14 heavy (non-hydrogen) atoms. The van der Waals surface area contributed by atoms with Gasteiger partial charge in [0.2, 0.25) is 0 Å². The number of hydrogen-bond donors (Lipinski definition) is 2. The van der Waals surface area contributed by atoms with Gasteiger partial charge in [-0.2, -0.15) is 5.26 Å². The van der Waals surface area contributed by atoms with E-state index in [1.807, 2.05) is 12.1 Å².